The molecule has 3 nitrogen and oxygen atoms in total. The molecular weight excluding hydrogens is 310 g/mol. The van der Waals surface area contributed by atoms with Crippen molar-refractivity contribution in [2.45, 2.75) is 0 Å². The number of hydrogen-bond acceptors (Lipinski definition) is 2. The first-order valence-corrected chi connectivity index (χ1v) is 7.65. The van der Waals surface area contributed by atoms with Crippen LogP contribution in [0.5, 0.6) is 5.75 Å². The summed E-state index contributed by atoms with van der Waals surface area (Å²) < 4.78 is 7.34. The van der Waals surface area contributed by atoms with Crippen molar-refractivity contribution in [2.24, 2.45) is 7.05 Å². The third-order valence-corrected chi connectivity index (χ3v) is 3.92. The van der Waals surface area contributed by atoms with Crippen LogP contribution in [0.4, 0.5) is 0 Å². The van der Waals surface area contributed by atoms with E-state index < -0.39 is 0 Å². The molecule has 4 heteroatoms. The average molecular weight is 326 g/mol. The first kappa shape index (κ1) is 15.4. The zero-order valence-corrected chi connectivity index (χ0v) is 13.5. The van der Waals surface area contributed by atoms with Crippen LogP contribution in [0.1, 0.15) is 10.5 Å². The Bertz CT molecular complexity index is 824. The Kier molecular flexibility index (Phi) is 4.49. The second kappa shape index (κ2) is 6.71. The maximum absolute atomic E-state index is 12.1. The normalized spacial score (nSPS) is 10.5. The summed E-state index contributed by atoms with van der Waals surface area (Å²) in [5, 5.41) is 0.492. The summed E-state index contributed by atoms with van der Waals surface area (Å²) in [4.78, 5) is 12.1. The van der Waals surface area contributed by atoms with Crippen LogP contribution in [0.2, 0.25) is 5.02 Å². The van der Waals surface area contributed by atoms with Crippen LogP contribution in [0, 0.1) is 0 Å². The van der Waals surface area contributed by atoms with E-state index in [0.29, 0.717) is 16.5 Å². The summed E-state index contributed by atoms with van der Waals surface area (Å²) in [7, 11) is 1.83. The molecule has 0 aliphatic carbocycles. The lowest BCUT2D eigenvalue weighted by Gasteiger charge is -2.10. The number of aromatic nitrogens is 1. The van der Waals surface area contributed by atoms with Crippen LogP contribution in [0.25, 0.3) is 11.1 Å². The number of halogens is 1. The van der Waals surface area contributed by atoms with Gasteiger partial charge in [0, 0.05) is 13.2 Å². The largest absolute Gasteiger partial charge is 0.484 e. The molecule has 2 aromatic carbocycles. The number of carbonyl (C=O) groups excluding carboxylic acids is 1. The van der Waals surface area contributed by atoms with Gasteiger partial charge in [0.2, 0.25) is 5.78 Å². The van der Waals surface area contributed by atoms with E-state index in [1.54, 1.807) is 16.7 Å². The van der Waals surface area contributed by atoms with Crippen molar-refractivity contribution in [3.05, 3.63) is 77.6 Å². The molecule has 1 aromatic heterocycles. The first-order valence-electron chi connectivity index (χ1n) is 7.27. The van der Waals surface area contributed by atoms with E-state index in [9.17, 15) is 4.79 Å². The summed E-state index contributed by atoms with van der Waals surface area (Å²) >= 11 is 6.28. The molecule has 0 N–H and O–H groups in total. The molecule has 3 rings (SSSR count). The smallest absolute Gasteiger partial charge is 0.216 e. The van der Waals surface area contributed by atoms with Gasteiger partial charge in [-0.05, 0) is 35.4 Å². The lowest BCUT2D eigenvalue weighted by Crippen LogP contribution is -2.14. The lowest BCUT2D eigenvalue weighted by atomic mass is 10.1. The van der Waals surface area contributed by atoms with Crippen LogP contribution in [-0.4, -0.2) is 17.0 Å². The number of rotatable bonds is 5. The molecule has 23 heavy (non-hydrogen) atoms. The van der Waals surface area contributed by atoms with E-state index in [2.05, 4.69) is 0 Å². The van der Waals surface area contributed by atoms with Gasteiger partial charge >= 0.3 is 0 Å². The molecule has 0 saturated heterocycles. The van der Waals surface area contributed by atoms with Gasteiger partial charge in [-0.1, -0.05) is 48.0 Å². The molecule has 0 aliphatic heterocycles. The van der Waals surface area contributed by atoms with E-state index in [1.807, 2.05) is 61.8 Å². The van der Waals surface area contributed by atoms with Gasteiger partial charge in [0.1, 0.15) is 5.75 Å². The number of aryl methyl sites for hydroxylation is 1. The Morgan fingerprint density at radius 2 is 1.83 bits per heavy atom. The Labute approximate surface area is 140 Å². The SMILES string of the molecule is Cn1cccc1C(=O)COc1ccc(-c2ccccc2)cc1Cl. The molecular formula is C19H16ClNO2. The third-order valence-electron chi connectivity index (χ3n) is 3.63. The van der Waals surface area contributed by atoms with Crippen LogP contribution < -0.4 is 4.74 Å². The third kappa shape index (κ3) is 3.46. The monoisotopic (exact) mass is 325 g/mol. The molecule has 0 amide bonds. The molecule has 0 aliphatic rings. The second-order valence-corrected chi connectivity index (χ2v) is 5.63. The standard InChI is InChI=1S/C19H16ClNO2/c1-21-11-5-8-17(21)18(22)13-23-19-10-9-15(12-16(19)20)14-6-3-2-4-7-14/h2-12H,13H2,1H3. The molecule has 3 aromatic rings. The Morgan fingerprint density at radius 3 is 2.48 bits per heavy atom. The van der Waals surface area contributed by atoms with Gasteiger partial charge in [-0.3, -0.25) is 4.79 Å². The fraction of sp³-hybridized carbons (Fsp3) is 0.105. The van der Waals surface area contributed by atoms with E-state index in [4.69, 9.17) is 16.3 Å². The second-order valence-electron chi connectivity index (χ2n) is 5.23. The molecule has 0 radical (unpaired) electrons. The topological polar surface area (TPSA) is 31.2 Å². The van der Waals surface area contributed by atoms with Crippen molar-refractivity contribution in [1.82, 2.24) is 4.57 Å². The van der Waals surface area contributed by atoms with Gasteiger partial charge in [0.05, 0.1) is 10.7 Å². The number of ether oxygens (including phenoxy) is 1. The number of hydrogen-bond donors (Lipinski definition) is 0. The Balaban J connectivity index is 1.72. The van der Waals surface area contributed by atoms with E-state index in [0.717, 1.165) is 11.1 Å². The number of Topliss-reactive ketones (excluding diaryl/α,β-unsaturated/α-hetero) is 1. The Hall–Kier alpha value is -2.52. The van der Waals surface area contributed by atoms with E-state index >= 15 is 0 Å². The summed E-state index contributed by atoms with van der Waals surface area (Å²) in [5.74, 6) is 0.426. The van der Waals surface area contributed by atoms with Crippen molar-refractivity contribution in [2.75, 3.05) is 6.61 Å². The van der Waals surface area contributed by atoms with Gasteiger partial charge in [0.15, 0.2) is 6.61 Å². The lowest BCUT2D eigenvalue weighted by molar-refractivity contribution is 0.0913. The zero-order valence-electron chi connectivity index (χ0n) is 12.7. The van der Waals surface area contributed by atoms with Crippen LogP contribution >= 0.6 is 11.6 Å². The van der Waals surface area contributed by atoms with Gasteiger partial charge < -0.3 is 9.30 Å². The van der Waals surface area contributed by atoms with Crippen molar-refractivity contribution in [3.63, 3.8) is 0 Å². The van der Waals surface area contributed by atoms with E-state index in [-0.39, 0.29) is 12.4 Å². The molecule has 0 spiro atoms. The minimum absolute atomic E-state index is 0.0394. The number of carbonyl (C=O) groups is 1. The van der Waals surface area contributed by atoms with Gasteiger partial charge in [0.25, 0.3) is 0 Å². The maximum Gasteiger partial charge on any atom is 0.216 e. The van der Waals surface area contributed by atoms with Crippen LogP contribution in [0.15, 0.2) is 66.9 Å². The van der Waals surface area contributed by atoms with Crippen LogP contribution in [-0.2, 0) is 7.05 Å². The zero-order chi connectivity index (χ0) is 16.2. The highest BCUT2D eigenvalue weighted by Gasteiger charge is 2.11. The van der Waals surface area contributed by atoms with Crippen LogP contribution in [0.3, 0.4) is 0 Å². The number of ketones is 1. The molecule has 1 heterocycles. The summed E-state index contributed by atoms with van der Waals surface area (Å²) in [6, 6.07) is 19.1. The summed E-state index contributed by atoms with van der Waals surface area (Å²) in [5.41, 5.74) is 2.71. The molecule has 116 valence electrons. The minimum atomic E-state index is -0.0827. The molecule has 0 fully saturated rings. The predicted octanol–water partition coefficient (Wildman–Crippen LogP) is 4.61. The Morgan fingerprint density at radius 1 is 1.04 bits per heavy atom. The molecule has 0 atom stereocenters. The summed E-state index contributed by atoms with van der Waals surface area (Å²) in [6.07, 6.45) is 1.83. The number of nitrogens with zero attached hydrogens (tertiary/aromatic N) is 1. The van der Waals surface area contributed by atoms with Gasteiger partial charge in [-0.15, -0.1) is 0 Å². The quantitative estimate of drug-likeness (QED) is 0.642. The fourth-order valence-electron chi connectivity index (χ4n) is 2.40. The maximum atomic E-state index is 12.1. The molecule has 0 saturated carbocycles. The van der Waals surface area contributed by atoms with Gasteiger partial charge in [-0.2, -0.15) is 0 Å². The molecule has 0 bridgehead atoms. The van der Waals surface area contributed by atoms with Crippen molar-refractivity contribution in [1.29, 1.82) is 0 Å². The molecule has 0 unspecified atom stereocenters. The summed E-state index contributed by atoms with van der Waals surface area (Å²) in [6.45, 7) is -0.0394. The predicted molar refractivity (Wildman–Crippen MR) is 92.1 cm³/mol. The minimum Gasteiger partial charge on any atom is -0.484 e. The van der Waals surface area contributed by atoms with E-state index in [1.165, 1.54) is 0 Å². The highest BCUT2D eigenvalue weighted by Crippen LogP contribution is 2.30. The highest BCUT2D eigenvalue weighted by molar-refractivity contribution is 6.32. The van der Waals surface area contributed by atoms with Gasteiger partial charge in [-0.25, -0.2) is 0 Å². The first-order chi connectivity index (χ1) is 11.1. The average Bonchev–Trinajstić information content (AvgIpc) is 3.00. The number of benzene rings is 2. The fourth-order valence-corrected chi connectivity index (χ4v) is 2.63. The van der Waals surface area contributed by atoms with Crippen molar-refractivity contribution < 1.29 is 9.53 Å². The van der Waals surface area contributed by atoms with Crippen molar-refractivity contribution >= 4 is 17.4 Å². The van der Waals surface area contributed by atoms with Crippen molar-refractivity contribution in [3.8, 4) is 16.9 Å². The highest BCUT2D eigenvalue weighted by atomic mass is 35.5.